The Morgan fingerprint density at radius 3 is 2.37 bits per heavy atom. The lowest BCUT2D eigenvalue weighted by Crippen LogP contribution is -2.45. The molecule has 2 saturated heterocycles. The van der Waals surface area contributed by atoms with Crippen LogP contribution in [-0.2, 0) is 0 Å². The molecule has 10 nitrogen and oxygen atoms in total. The number of imidazole rings is 1. The van der Waals surface area contributed by atoms with Gasteiger partial charge in [-0.15, -0.1) is 0 Å². The molecule has 2 aliphatic heterocycles. The zero-order valence-corrected chi connectivity index (χ0v) is 23.3. The van der Waals surface area contributed by atoms with E-state index in [-0.39, 0.29) is 0 Å². The lowest BCUT2D eigenvalue weighted by molar-refractivity contribution is 0.135. The van der Waals surface area contributed by atoms with Crippen LogP contribution in [0.1, 0.15) is 76.7 Å². The standard InChI is InChI=1S/C28H48N10/c1-35-16-18-36(19-17-35)13-10-21-11-14-37(15-12-21)34-26-25-27(38(20-30-25)24-4-2-3-5-24)33-28(32-26)31-23-8-6-22(29)7-9-23/h20-24H,2-19,29H2,1H3,(H2,31,32,33,34)/t22-,23-. The van der Waals surface area contributed by atoms with Crippen LogP contribution in [0.15, 0.2) is 6.33 Å². The van der Waals surface area contributed by atoms with Crippen LogP contribution in [0.3, 0.4) is 0 Å². The van der Waals surface area contributed by atoms with Gasteiger partial charge in [-0.05, 0) is 77.3 Å². The number of piperidine rings is 1. The van der Waals surface area contributed by atoms with Crippen molar-refractivity contribution in [2.75, 3.05) is 63.6 Å². The van der Waals surface area contributed by atoms with E-state index in [9.17, 15) is 0 Å². The number of nitrogens with one attached hydrogen (secondary N) is 2. The van der Waals surface area contributed by atoms with Gasteiger partial charge in [0.15, 0.2) is 17.0 Å². The van der Waals surface area contributed by atoms with Gasteiger partial charge in [-0.25, -0.2) is 9.99 Å². The van der Waals surface area contributed by atoms with E-state index in [0.29, 0.717) is 18.1 Å². The van der Waals surface area contributed by atoms with Crippen LogP contribution in [0, 0.1) is 5.92 Å². The van der Waals surface area contributed by atoms with Crippen LogP contribution in [0.2, 0.25) is 0 Å². The van der Waals surface area contributed by atoms with Gasteiger partial charge in [-0.3, -0.25) is 0 Å². The summed E-state index contributed by atoms with van der Waals surface area (Å²) >= 11 is 0. The zero-order chi connectivity index (χ0) is 25.9. The van der Waals surface area contributed by atoms with Crippen LogP contribution in [0.25, 0.3) is 11.2 Å². The predicted molar refractivity (Wildman–Crippen MR) is 153 cm³/mol. The van der Waals surface area contributed by atoms with Gasteiger partial charge in [-0.2, -0.15) is 9.97 Å². The Bertz CT molecular complexity index is 1030. The molecule has 210 valence electrons. The number of piperazine rings is 1. The summed E-state index contributed by atoms with van der Waals surface area (Å²) in [5, 5.41) is 6.00. The summed E-state index contributed by atoms with van der Waals surface area (Å²) in [6.07, 6.45) is 15.1. The van der Waals surface area contributed by atoms with Crippen LogP contribution in [0.4, 0.5) is 11.8 Å². The third kappa shape index (κ3) is 6.24. The Labute approximate surface area is 227 Å². The molecule has 38 heavy (non-hydrogen) atoms. The van der Waals surface area contributed by atoms with Crippen LogP contribution in [0.5, 0.6) is 0 Å². The van der Waals surface area contributed by atoms with E-state index in [1.165, 1.54) is 77.7 Å². The Balaban J connectivity index is 1.11. The second-order valence-electron chi connectivity index (χ2n) is 12.4. The first-order valence-electron chi connectivity index (χ1n) is 15.3. The molecule has 0 aromatic carbocycles. The second kappa shape index (κ2) is 12.0. The quantitative estimate of drug-likeness (QED) is 0.480. The van der Waals surface area contributed by atoms with E-state index in [4.69, 9.17) is 20.7 Å². The third-order valence-corrected chi connectivity index (χ3v) is 9.57. The summed E-state index contributed by atoms with van der Waals surface area (Å²) < 4.78 is 2.31. The van der Waals surface area contributed by atoms with Crippen molar-refractivity contribution in [3.05, 3.63) is 6.33 Å². The van der Waals surface area contributed by atoms with Crippen molar-refractivity contribution in [2.24, 2.45) is 11.7 Å². The fourth-order valence-corrected chi connectivity index (χ4v) is 6.87. The van der Waals surface area contributed by atoms with Gasteiger partial charge in [0, 0.05) is 57.4 Å². The molecular weight excluding hydrogens is 476 g/mol. The largest absolute Gasteiger partial charge is 0.351 e. The molecule has 4 N–H and O–H groups in total. The maximum Gasteiger partial charge on any atom is 0.227 e. The van der Waals surface area contributed by atoms with Crippen molar-refractivity contribution >= 4 is 22.9 Å². The molecule has 0 amide bonds. The molecule has 6 rings (SSSR count). The van der Waals surface area contributed by atoms with E-state index in [1.54, 1.807) is 0 Å². The summed E-state index contributed by atoms with van der Waals surface area (Å²) in [5.41, 5.74) is 11.7. The maximum absolute atomic E-state index is 6.15. The molecule has 4 heterocycles. The van der Waals surface area contributed by atoms with Gasteiger partial charge in [0.2, 0.25) is 5.95 Å². The summed E-state index contributed by atoms with van der Waals surface area (Å²) in [5.74, 6) is 2.38. The highest BCUT2D eigenvalue weighted by Gasteiger charge is 2.26. The minimum Gasteiger partial charge on any atom is -0.351 e. The molecule has 2 saturated carbocycles. The van der Waals surface area contributed by atoms with E-state index in [0.717, 1.165) is 67.6 Å². The molecule has 2 aromatic heterocycles. The molecule has 2 aromatic rings. The number of aromatic nitrogens is 4. The van der Waals surface area contributed by atoms with E-state index in [2.05, 4.69) is 37.2 Å². The SMILES string of the molecule is CN1CCN(CCC2CCN(Nc3nc(N[C@H]4CC[C@H](N)CC4)nc4c3ncn4C3CCCC3)CC2)CC1. The molecule has 0 unspecified atom stereocenters. The predicted octanol–water partition coefficient (Wildman–Crippen LogP) is 3.30. The smallest absolute Gasteiger partial charge is 0.227 e. The summed E-state index contributed by atoms with van der Waals surface area (Å²) in [4.78, 5) is 19.9. The van der Waals surface area contributed by atoms with Crippen molar-refractivity contribution in [3.8, 4) is 0 Å². The van der Waals surface area contributed by atoms with Crippen molar-refractivity contribution in [1.29, 1.82) is 0 Å². The van der Waals surface area contributed by atoms with E-state index in [1.807, 2.05) is 6.33 Å². The normalized spacial score (nSPS) is 27.3. The molecule has 0 spiro atoms. The van der Waals surface area contributed by atoms with Crippen molar-refractivity contribution in [3.63, 3.8) is 0 Å². The molecule has 2 aliphatic carbocycles. The van der Waals surface area contributed by atoms with E-state index < -0.39 is 0 Å². The first kappa shape index (κ1) is 26.2. The molecule has 0 bridgehead atoms. The van der Waals surface area contributed by atoms with Crippen LogP contribution >= 0.6 is 0 Å². The molecule has 4 fully saturated rings. The number of hydrazine groups is 1. The lowest BCUT2D eigenvalue weighted by atomic mass is 9.92. The zero-order valence-electron chi connectivity index (χ0n) is 23.3. The number of nitrogens with two attached hydrogens (primary N) is 1. The number of fused-ring (bicyclic) bond motifs is 1. The van der Waals surface area contributed by atoms with Crippen LogP contribution in [-0.4, -0.2) is 99.3 Å². The summed E-state index contributed by atoms with van der Waals surface area (Å²) in [6.45, 7) is 8.19. The molecular formula is C28H48N10. The Morgan fingerprint density at radius 2 is 1.63 bits per heavy atom. The van der Waals surface area contributed by atoms with Gasteiger partial charge >= 0.3 is 0 Å². The molecule has 0 atom stereocenters. The topological polar surface area (TPSA) is 103 Å². The van der Waals surface area contributed by atoms with Gasteiger partial charge < -0.3 is 30.8 Å². The highest BCUT2D eigenvalue weighted by Crippen LogP contribution is 2.34. The van der Waals surface area contributed by atoms with Crippen molar-refractivity contribution < 1.29 is 0 Å². The third-order valence-electron chi connectivity index (χ3n) is 9.57. The number of anilines is 2. The molecule has 4 aliphatic rings. The van der Waals surface area contributed by atoms with Crippen molar-refractivity contribution in [1.82, 2.24) is 34.3 Å². The van der Waals surface area contributed by atoms with Crippen molar-refractivity contribution in [2.45, 2.75) is 88.8 Å². The Kier molecular flexibility index (Phi) is 8.30. The number of likely N-dealkylation sites (N-methyl/N-ethyl adjacent to an activating group) is 1. The highest BCUT2D eigenvalue weighted by molar-refractivity contribution is 5.84. The Hall–Kier alpha value is -2.01. The lowest BCUT2D eigenvalue weighted by Gasteiger charge is -2.35. The van der Waals surface area contributed by atoms with E-state index >= 15 is 0 Å². The summed E-state index contributed by atoms with van der Waals surface area (Å²) in [6, 6.07) is 1.22. The first-order valence-corrected chi connectivity index (χ1v) is 15.3. The van der Waals surface area contributed by atoms with Gasteiger partial charge in [0.25, 0.3) is 0 Å². The monoisotopic (exact) mass is 524 g/mol. The maximum atomic E-state index is 6.15. The fourth-order valence-electron chi connectivity index (χ4n) is 6.87. The van der Waals surface area contributed by atoms with Gasteiger partial charge in [0.05, 0.1) is 6.33 Å². The second-order valence-corrected chi connectivity index (χ2v) is 12.4. The number of hydrogen-bond donors (Lipinski definition) is 3. The minimum atomic E-state index is 0.335. The van der Waals surface area contributed by atoms with Crippen LogP contribution < -0.4 is 16.5 Å². The van der Waals surface area contributed by atoms with Gasteiger partial charge in [-0.1, -0.05) is 12.8 Å². The number of hydrogen-bond acceptors (Lipinski definition) is 9. The molecule has 10 heteroatoms. The number of nitrogens with zero attached hydrogens (tertiary/aromatic N) is 7. The number of rotatable bonds is 8. The highest BCUT2D eigenvalue weighted by atomic mass is 15.5. The average Bonchev–Trinajstić information content (AvgIpc) is 3.61. The first-order chi connectivity index (χ1) is 18.6. The molecule has 0 radical (unpaired) electrons. The van der Waals surface area contributed by atoms with Gasteiger partial charge in [0.1, 0.15) is 0 Å². The summed E-state index contributed by atoms with van der Waals surface area (Å²) in [7, 11) is 2.23. The average molecular weight is 525 g/mol. The minimum absolute atomic E-state index is 0.335. The fraction of sp³-hybridized carbons (Fsp3) is 0.821. The Morgan fingerprint density at radius 1 is 0.895 bits per heavy atom.